The lowest BCUT2D eigenvalue weighted by molar-refractivity contribution is -0.141. The Morgan fingerprint density at radius 3 is 2.46 bits per heavy atom. The number of nitrogens with one attached hydrogen (secondary N) is 2. The van der Waals surface area contributed by atoms with Crippen molar-refractivity contribution in [3.8, 4) is 0 Å². The minimum absolute atomic E-state index is 0.210. The Bertz CT molecular complexity index is 905. The predicted molar refractivity (Wildman–Crippen MR) is 99.7 cm³/mol. The van der Waals surface area contributed by atoms with E-state index < -0.39 is 24.0 Å². The van der Waals surface area contributed by atoms with Gasteiger partial charge in [-0.3, -0.25) is 4.79 Å². The highest BCUT2D eigenvalue weighted by atomic mass is 16.4. The average Bonchev–Trinajstić information content (AvgIpc) is 3.05. The van der Waals surface area contributed by atoms with Crippen LogP contribution in [0.2, 0.25) is 0 Å². The van der Waals surface area contributed by atoms with E-state index in [0.717, 1.165) is 22.0 Å². The molecule has 1 amide bonds. The van der Waals surface area contributed by atoms with E-state index in [1.165, 1.54) is 0 Å². The molecule has 1 aromatic heterocycles. The number of aromatic amines is 1. The number of para-hydroxylation sites is 1. The summed E-state index contributed by atoms with van der Waals surface area (Å²) in [5.41, 5.74) is 8.76. The van der Waals surface area contributed by atoms with Crippen molar-refractivity contribution in [1.29, 1.82) is 0 Å². The molecule has 26 heavy (non-hydrogen) atoms. The van der Waals surface area contributed by atoms with Crippen LogP contribution in [0.1, 0.15) is 11.1 Å². The molecule has 0 fully saturated rings. The van der Waals surface area contributed by atoms with Gasteiger partial charge in [0.05, 0.1) is 6.04 Å². The largest absolute Gasteiger partial charge is 0.480 e. The molecular formula is C20H21N3O3. The van der Waals surface area contributed by atoms with Gasteiger partial charge < -0.3 is 21.1 Å². The molecular weight excluding hydrogens is 330 g/mol. The highest BCUT2D eigenvalue weighted by Crippen LogP contribution is 2.18. The van der Waals surface area contributed by atoms with E-state index in [4.69, 9.17) is 5.73 Å². The number of hydrogen-bond acceptors (Lipinski definition) is 3. The Hall–Kier alpha value is -3.12. The van der Waals surface area contributed by atoms with Crippen molar-refractivity contribution in [3.63, 3.8) is 0 Å². The van der Waals surface area contributed by atoms with Gasteiger partial charge in [0.15, 0.2) is 0 Å². The molecule has 0 aliphatic heterocycles. The molecule has 0 saturated heterocycles. The molecule has 6 nitrogen and oxygen atoms in total. The van der Waals surface area contributed by atoms with Crippen molar-refractivity contribution in [2.75, 3.05) is 0 Å². The van der Waals surface area contributed by atoms with Crippen LogP contribution in [0.3, 0.4) is 0 Å². The lowest BCUT2D eigenvalue weighted by Gasteiger charge is -2.18. The molecule has 134 valence electrons. The summed E-state index contributed by atoms with van der Waals surface area (Å²) >= 11 is 0. The lowest BCUT2D eigenvalue weighted by atomic mass is 10.0. The Balaban J connectivity index is 1.66. The van der Waals surface area contributed by atoms with E-state index in [9.17, 15) is 14.7 Å². The summed E-state index contributed by atoms with van der Waals surface area (Å²) in [6, 6.07) is 15.1. The van der Waals surface area contributed by atoms with Crippen molar-refractivity contribution in [3.05, 3.63) is 71.9 Å². The maximum Gasteiger partial charge on any atom is 0.326 e. The third-order valence-corrected chi connectivity index (χ3v) is 4.35. The number of rotatable bonds is 7. The first kappa shape index (κ1) is 17.7. The predicted octanol–water partition coefficient (Wildman–Crippen LogP) is 1.85. The van der Waals surface area contributed by atoms with Gasteiger partial charge in [0.25, 0.3) is 0 Å². The monoisotopic (exact) mass is 351 g/mol. The third kappa shape index (κ3) is 4.10. The van der Waals surface area contributed by atoms with Crippen LogP contribution in [-0.2, 0) is 22.4 Å². The van der Waals surface area contributed by atoms with E-state index in [2.05, 4.69) is 10.3 Å². The molecule has 1 heterocycles. The molecule has 2 aromatic carbocycles. The first-order chi connectivity index (χ1) is 12.5. The number of H-pyrrole nitrogens is 1. The summed E-state index contributed by atoms with van der Waals surface area (Å²) in [6.45, 7) is 0. The minimum atomic E-state index is -1.08. The summed E-state index contributed by atoms with van der Waals surface area (Å²) in [6.07, 6.45) is 2.37. The molecule has 0 radical (unpaired) electrons. The number of carbonyl (C=O) groups is 2. The number of aliphatic carboxylic acids is 1. The maximum atomic E-state index is 12.4. The van der Waals surface area contributed by atoms with Crippen LogP contribution in [0.15, 0.2) is 60.8 Å². The van der Waals surface area contributed by atoms with Crippen molar-refractivity contribution >= 4 is 22.8 Å². The second-order valence-electron chi connectivity index (χ2n) is 6.26. The van der Waals surface area contributed by atoms with Gasteiger partial charge in [-0.25, -0.2) is 4.79 Å². The van der Waals surface area contributed by atoms with Gasteiger partial charge in [-0.2, -0.15) is 0 Å². The number of benzene rings is 2. The summed E-state index contributed by atoms with van der Waals surface area (Å²) in [5, 5.41) is 13.0. The first-order valence-electron chi connectivity index (χ1n) is 8.42. The van der Waals surface area contributed by atoms with Crippen LogP contribution >= 0.6 is 0 Å². The van der Waals surface area contributed by atoms with Crippen LogP contribution in [0.4, 0.5) is 0 Å². The van der Waals surface area contributed by atoms with Gasteiger partial charge in [0, 0.05) is 23.5 Å². The van der Waals surface area contributed by atoms with Gasteiger partial charge in [-0.15, -0.1) is 0 Å². The van der Waals surface area contributed by atoms with Crippen molar-refractivity contribution in [1.82, 2.24) is 10.3 Å². The van der Waals surface area contributed by atoms with Crippen LogP contribution < -0.4 is 11.1 Å². The van der Waals surface area contributed by atoms with Crippen molar-refractivity contribution in [2.45, 2.75) is 24.9 Å². The van der Waals surface area contributed by atoms with Gasteiger partial charge >= 0.3 is 5.97 Å². The van der Waals surface area contributed by atoms with E-state index >= 15 is 0 Å². The molecule has 6 heteroatoms. The SMILES string of the molecule is N[C@H](Cc1c[nH]c2ccccc12)C(=O)N[C@H](Cc1ccccc1)C(=O)O. The summed E-state index contributed by atoms with van der Waals surface area (Å²) in [7, 11) is 0. The van der Waals surface area contributed by atoms with Crippen LogP contribution in [0.25, 0.3) is 10.9 Å². The molecule has 5 N–H and O–H groups in total. The van der Waals surface area contributed by atoms with Crippen molar-refractivity contribution < 1.29 is 14.7 Å². The molecule has 0 saturated carbocycles. The van der Waals surface area contributed by atoms with Gasteiger partial charge in [-0.1, -0.05) is 48.5 Å². The first-order valence-corrected chi connectivity index (χ1v) is 8.42. The number of carboxylic acid groups (broad SMARTS) is 1. The number of hydrogen-bond donors (Lipinski definition) is 4. The standard InChI is InChI=1S/C20H21N3O3/c21-16(11-14-12-22-17-9-5-4-8-15(14)17)19(24)23-18(20(25)26)10-13-6-2-1-3-7-13/h1-9,12,16,18,22H,10-11,21H2,(H,23,24)(H,25,26)/t16-,18-/m1/s1. The lowest BCUT2D eigenvalue weighted by Crippen LogP contribution is -2.50. The van der Waals surface area contributed by atoms with E-state index in [-0.39, 0.29) is 6.42 Å². The number of nitrogens with two attached hydrogens (primary N) is 1. The van der Waals surface area contributed by atoms with Crippen molar-refractivity contribution in [2.24, 2.45) is 5.73 Å². The van der Waals surface area contributed by atoms with Gasteiger partial charge in [-0.05, 0) is 23.6 Å². The maximum absolute atomic E-state index is 12.4. The minimum Gasteiger partial charge on any atom is -0.480 e. The zero-order valence-corrected chi connectivity index (χ0v) is 14.2. The average molecular weight is 351 g/mol. The molecule has 3 aromatic rings. The fraction of sp³-hybridized carbons (Fsp3) is 0.200. The second kappa shape index (κ2) is 7.84. The molecule has 3 rings (SSSR count). The second-order valence-corrected chi connectivity index (χ2v) is 6.26. The molecule has 0 unspecified atom stereocenters. The van der Waals surface area contributed by atoms with E-state index in [0.29, 0.717) is 6.42 Å². The third-order valence-electron chi connectivity index (χ3n) is 4.35. The number of fused-ring (bicyclic) bond motifs is 1. The molecule has 2 atom stereocenters. The molecule has 0 aliphatic rings. The fourth-order valence-electron chi connectivity index (χ4n) is 2.96. The fourth-order valence-corrected chi connectivity index (χ4v) is 2.96. The highest BCUT2D eigenvalue weighted by molar-refractivity contribution is 5.88. The summed E-state index contributed by atoms with van der Waals surface area (Å²) in [4.78, 5) is 27.0. The van der Waals surface area contributed by atoms with Crippen LogP contribution in [-0.4, -0.2) is 34.1 Å². The normalized spacial score (nSPS) is 13.3. The van der Waals surface area contributed by atoms with Crippen LogP contribution in [0.5, 0.6) is 0 Å². The van der Waals surface area contributed by atoms with Gasteiger partial charge in [0.2, 0.25) is 5.91 Å². The topological polar surface area (TPSA) is 108 Å². The Labute approximate surface area is 151 Å². The zero-order valence-electron chi connectivity index (χ0n) is 14.2. The summed E-state index contributed by atoms with van der Waals surface area (Å²) < 4.78 is 0. The molecule has 0 aliphatic carbocycles. The van der Waals surface area contributed by atoms with E-state index in [1.54, 1.807) is 0 Å². The molecule has 0 spiro atoms. The van der Waals surface area contributed by atoms with Gasteiger partial charge in [0.1, 0.15) is 6.04 Å². The molecule has 0 bridgehead atoms. The van der Waals surface area contributed by atoms with E-state index in [1.807, 2.05) is 60.8 Å². The highest BCUT2D eigenvalue weighted by Gasteiger charge is 2.24. The Kier molecular flexibility index (Phi) is 5.34. The Morgan fingerprint density at radius 2 is 1.73 bits per heavy atom. The summed E-state index contributed by atoms with van der Waals surface area (Å²) in [5.74, 6) is -1.56. The van der Waals surface area contributed by atoms with Crippen LogP contribution in [0, 0.1) is 0 Å². The number of carbonyl (C=O) groups excluding carboxylic acids is 1. The number of amides is 1. The quantitative estimate of drug-likeness (QED) is 0.521. The number of aromatic nitrogens is 1. The Morgan fingerprint density at radius 1 is 1.04 bits per heavy atom. The number of carboxylic acids is 1. The smallest absolute Gasteiger partial charge is 0.326 e. The zero-order chi connectivity index (χ0) is 18.5.